The van der Waals surface area contributed by atoms with Crippen molar-refractivity contribution in [3.8, 4) is 0 Å². The molecule has 3 aromatic rings. The number of carbonyl (C=O) groups excluding carboxylic acids is 2. The Balaban J connectivity index is 1.27. The molecule has 0 spiro atoms. The van der Waals surface area contributed by atoms with E-state index in [1.807, 2.05) is 20.8 Å². The van der Waals surface area contributed by atoms with Crippen LogP contribution in [0.4, 0.5) is 16.2 Å². The largest absolute Gasteiger partial charge is 0.444 e. The molecule has 10 heteroatoms. The van der Waals surface area contributed by atoms with Crippen LogP contribution in [0.15, 0.2) is 36.4 Å². The van der Waals surface area contributed by atoms with Crippen molar-refractivity contribution in [2.45, 2.75) is 45.8 Å². The quantitative estimate of drug-likeness (QED) is 0.445. The molecule has 0 saturated carbocycles. The number of hydrogen-bond acceptors (Lipinski definition) is 8. The number of anilines is 2. The Kier molecular flexibility index (Phi) is 7.89. The smallest absolute Gasteiger partial charge is 0.410 e. The molecule has 37 heavy (non-hydrogen) atoms. The number of thiophene rings is 1. The van der Waals surface area contributed by atoms with Crippen molar-refractivity contribution in [2.24, 2.45) is 0 Å². The number of nitrogens with one attached hydrogen (secondary N) is 1. The molecule has 1 aromatic carbocycles. The molecule has 1 fully saturated rings. The fourth-order valence-corrected chi connectivity index (χ4v) is 5.18. The van der Waals surface area contributed by atoms with E-state index in [0.717, 1.165) is 29.7 Å². The second-order valence-corrected chi connectivity index (χ2v) is 11.2. The van der Waals surface area contributed by atoms with Gasteiger partial charge in [-0.05, 0) is 63.9 Å². The lowest BCUT2D eigenvalue weighted by Gasteiger charge is -2.36. The van der Waals surface area contributed by atoms with Crippen molar-refractivity contribution >= 4 is 44.9 Å². The number of benzene rings is 1. The molecule has 0 bridgehead atoms. The van der Waals surface area contributed by atoms with Crippen molar-refractivity contribution in [1.82, 2.24) is 15.2 Å². The number of nitrogens with zero attached hydrogens (tertiary/aromatic N) is 3. The van der Waals surface area contributed by atoms with Gasteiger partial charge in [-0.25, -0.2) is 9.78 Å². The number of fused-ring (bicyclic) bond motifs is 1. The number of nitrogen functional groups attached to an aromatic ring is 1. The molecular weight excluding hydrogens is 490 g/mol. The highest BCUT2D eigenvalue weighted by molar-refractivity contribution is 7.21. The molecular formula is C27H35N5O4S. The highest BCUT2D eigenvalue weighted by Crippen LogP contribution is 2.33. The SMILES string of the molecule is CC(O)c1ccc2c(N)c(C(=O)NCCc3ccc(N4CCN(C(=O)OC(C)(C)C)CC4)cc3)sc2n1. The lowest BCUT2D eigenvalue weighted by molar-refractivity contribution is 0.0240. The van der Waals surface area contributed by atoms with Crippen LogP contribution in [0.5, 0.6) is 0 Å². The summed E-state index contributed by atoms with van der Waals surface area (Å²) in [5.41, 5.74) is 8.90. The van der Waals surface area contributed by atoms with Gasteiger partial charge in [0.25, 0.3) is 5.91 Å². The van der Waals surface area contributed by atoms with E-state index < -0.39 is 11.7 Å². The van der Waals surface area contributed by atoms with Crippen molar-refractivity contribution in [3.05, 3.63) is 52.5 Å². The molecule has 1 saturated heterocycles. The summed E-state index contributed by atoms with van der Waals surface area (Å²) in [6.07, 6.45) is -0.255. The Bertz CT molecular complexity index is 1260. The first kappa shape index (κ1) is 26.7. The Morgan fingerprint density at radius 1 is 1.14 bits per heavy atom. The van der Waals surface area contributed by atoms with Crippen LogP contribution in [0.2, 0.25) is 0 Å². The first-order valence-corrected chi connectivity index (χ1v) is 13.3. The fourth-order valence-electron chi connectivity index (χ4n) is 4.16. The molecule has 1 atom stereocenters. The number of carbonyl (C=O) groups is 2. The maximum Gasteiger partial charge on any atom is 0.410 e. The second kappa shape index (κ2) is 10.9. The van der Waals surface area contributed by atoms with Crippen molar-refractivity contribution in [1.29, 1.82) is 0 Å². The van der Waals surface area contributed by atoms with Gasteiger partial charge in [0.2, 0.25) is 0 Å². The Morgan fingerprint density at radius 2 is 1.81 bits per heavy atom. The third-order valence-corrected chi connectivity index (χ3v) is 7.30. The van der Waals surface area contributed by atoms with E-state index in [2.05, 4.69) is 39.5 Å². The van der Waals surface area contributed by atoms with E-state index in [0.29, 0.717) is 47.1 Å². The summed E-state index contributed by atoms with van der Waals surface area (Å²) < 4.78 is 5.47. The lowest BCUT2D eigenvalue weighted by atomic mass is 10.1. The van der Waals surface area contributed by atoms with Gasteiger partial charge in [0.15, 0.2) is 0 Å². The van der Waals surface area contributed by atoms with Crippen LogP contribution in [0.25, 0.3) is 10.2 Å². The van der Waals surface area contributed by atoms with E-state index in [4.69, 9.17) is 10.5 Å². The van der Waals surface area contributed by atoms with Crippen LogP contribution in [0, 0.1) is 0 Å². The number of pyridine rings is 1. The molecule has 4 N–H and O–H groups in total. The first-order valence-electron chi connectivity index (χ1n) is 12.5. The minimum atomic E-state index is -0.682. The predicted molar refractivity (Wildman–Crippen MR) is 147 cm³/mol. The number of piperazine rings is 1. The molecule has 0 aliphatic carbocycles. The van der Waals surface area contributed by atoms with Gasteiger partial charge in [0, 0.05) is 43.8 Å². The molecule has 3 heterocycles. The molecule has 0 radical (unpaired) electrons. The van der Waals surface area contributed by atoms with Crippen LogP contribution < -0.4 is 16.0 Å². The molecule has 198 valence electrons. The summed E-state index contributed by atoms with van der Waals surface area (Å²) in [6.45, 7) is 10.5. The number of nitrogens with two attached hydrogens (primary N) is 1. The summed E-state index contributed by atoms with van der Waals surface area (Å²) in [7, 11) is 0. The zero-order chi connectivity index (χ0) is 26.7. The lowest BCUT2D eigenvalue weighted by Crippen LogP contribution is -2.50. The molecule has 4 rings (SSSR count). The molecule has 1 aliphatic rings. The minimum absolute atomic E-state index is 0.224. The number of aromatic nitrogens is 1. The maximum absolute atomic E-state index is 12.8. The second-order valence-electron chi connectivity index (χ2n) is 10.2. The third-order valence-electron chi connectivity index (χ3n) is 6.18. The Hall–Kier alpha value is -3.37. The number of hydrogen-bond donors (Lipinski definition) is 3. The maximum atomic E-state index is 12.8. The van der Waals surface area contributed by atoms with Gasteiger partial charge < -0.3 is 30.7 Å². The summed E-state index contributed by atoms with van der Waals surface area (Å²) in [5.74, 6) is -0.224. The minimum Gasteiger partial charge on any atom is -0.444 e. The van der Waals surface area contributed by atoms with Crippen LogP contribution in [-0.2, 0) is 11.2 Å². The number of aliphatic hydroxyl groups excluding tert-OH is 1. The van der Waals surface area contributed by atoms with E-state index in [1.165, 1.54) is 11.3 Å². The van der Waals surface area contributed by atoms with Gasteiger partial charge in [0.05, 0.1) is 17.5 Å². The molecule has 2 aromatic heterocycles. The highest BCUT2D eigenvalue weighted by Gasteiger charge is 2.26. The summed E-state index contributed by atoms with van der Waals surface area (Å²) in [4.78, 5) is 34.5. The average Bonchev–Trinajstić information content (AvgIpc) is 3.19. The highest BCUT2D eigenvalue weighted by atomic mass is 32.1. The van der Waals surface area contributed by atoms with E-state index in [9.17, 15) is 14.7 Å². The first-order chi connectivity index (χ1) is 17.5. The summed E-state index contributed by atoms with van der Waals surface area (Å²) in [5, 5.41) is 13.4. The third kappa shape index (κ3) is 6.50. The van der Waals surface area contributed by atoms with Gasteiger partial charge in [-0.1, -0.05) is 12.1 Å². The van der Waals surface area contributed by atoms with Crippen LogP contribution in [0.3, 0.4) is 0 Å². The zero-order valence-electron chi connectivity index (χ0n) is 21.8. The standard InChI is InChI=1S/C27H35N5O4S/c1-17(33)21-10-9-20-22(28)23(37-25(20)30-21)24(34)29-12-11-18-5-7-19(8-6-18)31-13-15-32(16-14-31)26(35)36-27(2,3)4/h5-10,17,33H,11-16,28H2,1-4H3,(H,29,34). The summed E-state index contributed by atoms with van der Waals surface area (Å²) >= 11 is 1.23. The van der Waals surface area contributed by atoms with Gasteiger partial charge >= 0.3 is 6.09 Å². The Morgan fingerprint density at radius 3 is 2.43 bits per heavy atom. The number of aliphatic hydroxyl groups is 1. The van der Waals surface area contributed by atoms with Crippen LogP contribution >= 0.6 is 11.3 Å². The topological polar surface area (TPSA) is 121 Å². The van der Waals surface area contributed by atoms with Gasteiger partial charge in [0.1, 0.15) is 15.3 Å². The average molecular weight is 526 g/mol. The zero-order valence-corrected chi connectivity index (χ0v) is 22.6. The van der Waals surface area contributed by atoms with Crippen molar-refractivity contribution < 1.29 is 19.4 Å². The monoisotopic (exact) mass is 525 g/mol. The molecule has 2 amide bonds. The number of rotatable bonds is 6. The number of ether oxygens (including phenoxy) is 1. The molecule has 1 aliphatic heterocycles. The normalized spacial score (nSPS) is 15.1. The van der Waals surface area contributed by atoms with Crippen molar-refractivity contribution in [3.63, 3.8) is 0 Å². The van der Waals surface area contributed by atoms with Gasteiger partial charge in [-0.2, -0.15) is 0 Å². The fraction of sp³-hybridized carbons (Fsp3) is 0.444. The van der Waals surface area contributed by atoms with E-state index in [1.54, 1.807) is 24.0 Å². The number of amides is 2. The molecule has 1 unspecified atom stereocenters. The van der Waals surface area contributed by atoms with E-state index in [-0.39, 0.29) is 12.0 Å². The van der Waals surface area contributed by atoms with Crippen LogP contribution in [-0.4, -0.2) is 65.3 Å². The van der Waals surface area contributed by atoms with E-state index >= 15 is 0 Å². The van der Waals surface area contributed by atoms with Gasteiger partial charge in [-0.3, -0.25) is 4.79 Å². The van der Waals surface area contributed by atoms with Crippen LogP contribution in [0.1, 0.15) is 54.7 Å². The predicted octanol–water partition coefficient (Wildman–Crippen LogP) is 3.96. The summed E-state index contributed by atoms with van der Waals surface area (Å²) in [6, 6.07) is 11.8. The Labute approximate surface area is 221 Å². The molecule has 9 nitrogen and oxygen atoms in total. The van der Waals surface area contributed by atoms with Gasteiger partial charge in [-0.15, -0.1) is 11.3 Å². The van der Waals surface area contributed by atoms with Crippen molar-refractivity contribution in [2.75, 3.05) is 43.4 Å².